The van der Waals surface area contributed by atoms with Crippen LogP contribution < -0.4 is 0 Å². The number of aromatic nitrogens is 3. The minimum absolute atomic E-state index is 0.325. The van der Waals surface area contributed by atoms with Gasteiger partial charge in [0.05, 0.1) is 0 Å². The number of pyridine rings is 1. The molecular weight excluding hydrogens is 190 g/mol. The largest absolute Gasteiger partial charge is 0.303 e. The molecule has 2 aromatic heterocycles. The van der Waals surface area contributed by atoms with Crippen molar-refractivity contribution in [2.45, 2.75) is 26.2 Å². The fourth-order valence-electron chi connectivity index (χ4n) is 1.63. The molecule has 0 aromatic carbocycles. The van der Waals surface area contributed by atoms with E-state index in [1.165, 1.54) is 0 Å². The SMILES string of the molecule is CC(C)c1nnc2c(CC=O)cccn12. The third kappa shape index (κ3) is 1.63. The summed E-state index contributed by atoms with van der Waals surface area (Å²) in [5, 5.41) is 8.25. The maximum Gasteiger partial charge on any atom is 0.164 e. The van der Waals surface area contributed by atoms with Crippen LogP contribution in [0.1, 0.15) is 31.2 Å². The van der Waals surface area contributed by atoms with Gasteiger partial charge in [0.25, 0.3) is 0 Å². The summed E-state index contributed by atoms with van der Waals surface area (Å²) >= 11 is 0. The molecule has 0 radical (unpaired) electrons. The highest BCUT2D eigenvalue weighted by atomic mass is 16.1. The van der Waals surface area contributed by atoms with Gasteiger partial charge in [-0.3, -0.25) is 4.40 Å². The van der Waals surface area contributed by atoms with Gasteiger partial charge in [-0.2, -0.15) is 0 Å². The van der Waals surface area contributed by atoms with Gasteiger partial charge < -0.3 is 4.79 Å². The summed E-state index contributed by atoms with van der Waals surface area (Å²) in [5.41, 5.74) is 1.71. The van der Waals surface area contributed by atoms with E-state index in [0.717, 1.165) is 23.3 Å². The van der Waals surface area contributed by atoms with Crippen LogP contribution in [0.25, 0.3) is 5.65 Å². The Bertz CT molecular complexity index is 488. The summed E-state index contributed by atoms with van der Waals surface area (Å²) in [6, 6.07) is 3.82. The first-order valence-electron chi connectivity index (χ1n) is 5.00. The molecule has 0 aliphatic heterocycles. The highest BCUT2D eigenvalue weighted by molar-refractivity contribution is 5.61. The van der Waals surface area contributed by atoms with Crippen LogP contribution in [0.4, 0.5) is 0 Å². The second kappa shape index (κ2) is 3.81. The van der Waals surface area contributed by atoms with Crippen LogP contribution in [0, 0.1) is 0 Å². The van der Waals surface area contributed by atoms with Gasteiger partial charge in [-0.1, -0.05) is 19.9 Å². The van der Waals surface area contributed by atoms with Crippen molar-refractivity contribution in [3.8, 4) is 0 Å². The Morgan fingerprint density at radius 1 is 1.47 bits per heavy atom. The van der Waals surface area contributed by atoms with Gasteiger partial charge in [-0.15, -0.1) is 10.2 Å². The van der Waals surface area contributed by atoms with Crippen LogP contribution in [-0.2, 0) is 11.2 Å². The van der Waals surface area contributed by atoms with Crippen molar-refractivity contribution in [2.75, 3.05) is 0 Å². The number of aldehydes is 1. The number of carbonyl (C=O) groups is 1. The molecule has 0 atom stereocenters. The van der Waals surface area contributed by atoms with Gasteiger partial charge in [0.1, 0.15) is 12.1 Å². The summed E-state index contributed by atoms with van der Waals surface area (Å²) < 4.78 is 1.95. The minimum atomic E-state index is 0.325. The normalized spacial score (nSPS) is 11.1. The molecule has 15 heavy (non-hydrogen) atoms. The molecule has 0 N–H and O–H groups in total. The van der Waals surface area contributed by atoms with Crippen molar-refractivity contribution in [1.29, 1.82) is 0 Å². The molecule has 4 heteroatoms. The zero-order chi connectivity index (χ0) is 10.8. The second-order valence-electron chi connectivity index (χ2n) is 3.81. The van der Waals surface area contributed by atoms with Gasteiger partial charge in [-0.05, 0) is 6.07 Å². The van der Waals surface area contributed by atoms with Crippen molar-refractivity contribution < 1.29 is 4.79 Å². The highest BCUT2D eigenvalue weighted by Crippen LogP contribution is 2.15. The lowest BCUT2D eigenvalue weighted by Crippen LogP contribution is -1.98. The molecule has 0 amide bonds. The van der Waals surface area contributed by atoms with Crippen LogP contribution >= 0.6 is 0 Å². The highest BCUT2D eigenvalue weighted by Gasteiger charge is 2.10. The average Bonchev–Trinajstić information content (AvgIpc) is 2.62. The van der Waals surface area contributed by atoms with Crippen LogP contribution in [0.5, 0.6) is 0 Å². The molecular formula is C11H13N3O. The van der Waals surface area contributed by atoms with Gasteiger partial charge in [0, 0.05) is 24.1 Å². The Morgan fingerprint density at radius 2 is 2.27 bits per heavy atom. The van der Waals surface area contributed by atoms with E-state index in [9.17, 15) is 4.79 Å². The molecule has 2 rings (SSSR count). The quantitative estimate of drug-likeness (QED) is 0.712. The maximum atomic E-state index is 10.5. The zero-order valence-corrected chi connectivity index (χ0v) is 8.84. The average molecular weight is 203 g/mol. The van der Waals surface area contributed by atoms with E-state index in [4.69, 9.17) is 0 Å². The van der Waals surface area contributed by atoms with Gasteiger partial charge in [0.2, 0.25) is 0 Å². The topological polar surface area (TPSA) is 47.3 Å². The summed E-state index contributed by atoms with van der Waals surface area (Å²) in [7, 11) is 0. The van der Waals surface area contributed by atoms with Crippen molar-refractivity contribution in [1.82, 2.24) is 14.6 Å². The van der Waals surface area contributed by atoms with Crippen LogP contribution in [0.3, 0.4) is 0 Å². The van der Waals surface area contributed by atoms with E-state index < -0.39 is 0 Å². The number of carbonyl (C=O) groups excluding carboxylic acids is 1. The van der Waals surface area contributed by atoms with E-state index in [1.807, 2.05) is 22.7 Å². The van der Waals surface area contributed by atoms with Crippen molar-refractivity contribution >= 4 is 11.9 Å². The molecule has 2 aromatic rings. The van der Waals surface area contributed by atoms with E-state index in [2.05, 4.69) is 24.0 Å². The van der Waals surface area contributed by atoms with Crippen LogP contribution in [0.15, 0.2) is 18.3 Å². The number of fused-ring (bicyclic) bond motifs is 1. The molecule has 0 aliphatic rings. The van der Waals surface area contributed by atoms with Gasteiger partial charge in [-0.25, -0.2) is 0 Å². The smallest absolute Gasteiger partial charge is 0.164 e. The minimum Gasteiger partial charge on any atom is -0.303 e. The molecule has 78 valence electrons. The molecule has 4 nitrogen and oxygen atoms in total. The van der Waals surface area contributed by atoms with Gasteiger partial charge >= 0.3 is 0 Å². The monoisotopic (exact) mass is 203 g/mol. The lowest BCUT2D eigenvalue weighted by Gasteiger charge is -2.03. The summed E-state index contributed by atoms with van der Waals surface area (Å²) in [6.07, 6.45) is 3.21. The summed E-state index contributed by atoms with van der Waals surface area (Å²) in [4.78, 5) is 10.5. The Kier molecular flexibility index (Phi) is 2.49. The molecule has 0 unspecified atom stereocenters. The molecule has 0 bridgehead atoms. The first kappa shape index (κ1) is 9.83. The molecule has 0 saturated carbocycles. The van der Waals surface area contributed by atoms with E-state index >= 15 is 0 Å². The fraction of sp³-hybridized carbons (Fsp3) is 0.364. The van der Waals surface area contributed by atoms with E-state index in [1.54, 1.807) is 0 Å². The standard InChI is InChI=1S/C11H13N3O/c1-8(2)10-12-13-11-9(5-7-15)4-3-6-14(10)11/h3-4,6-8H,5H2,1-2H3. The number of nitrogens with zero attached hydrogens (tertiary/aromatic N) is 3. The predicted octanol–water partition coefficient (Wildman–Crippen LogP) is 1.59. The Labute approximate surface area is 87.9 Å². The fourth-order valence-corrected chi connectivity index (χ4v) is 1.63. The van der Waals surface area contributed by atoms with Crippen molar-refractivity contribution in [3.63, 3.8) is 0 Å². The molecule has 0 saturated heterocycles. The lowest BCUT2D eigenvalue weighted by molar-refractivity contribution is -0.107. The molecule has 0 fully saturated rings. The summed E-state index contributed by atoms with van der Waals surface area (Å²) in [5.74, 6) is 1.25. The maximum absolute atomic E-state index is 10.5. The first-order valence-corrected chi connectivity index (χ1v) is 5.00. The van der Waals surface area contributed by atoms with E-state index in [0.29, 0.717) is 12.3 Å². The Hall–Kier alpha value is -1.71. The second-order valence-corrected chi connectivity index (χ2v) is 3.81. The molecule has 0 spiro atoms. The van der Waals surface area contributed by atoms with Crippen molar-refractivity contribution in [3.05, 3.63) is 29.7 Å². The van der Waals surface area contributed by atoms with Gasteiger partial charge in [0.15, 0.2) is 5.65 Å². The number of hydrogen-bond acceptors (Lipinski definition) is 3. The number of hydrogen-bond donors (Lipinski definition) is 0. The first-order chi connectivity index (χ1) is 7.24. The van der Waals surface area contributed by atoms with Crippen LogP contribution in [0.2, 0.25) is 0 Å². The predicted molar refractivity (Wildman–Crippen MR) is 56.8 cm³/mol. The molecule has 2 heterocycles. The molecule has 0 aliphatic carbocycles. The Balaban J connectivity index is 2.63. The zero-order valence-electron chi connectivity index (χ0n) is 8.84. The number of rotatable bonds is 3. The van der Waals surface area contributed by atoms with Crippen LogP contribution in [-0.4, -0.2) is 20.9 Å². The third-order valence-corrected chi connectivity index (χ3v) is 2.36. The lowest BCUT2D eigenvalue weighted by atomic mass is 10.2. The van der Waals surface area contributed by atoms with Crippen molar-refractivity contribution in [2.24, 2.45) is 0 Å². The Morgan fingerprint density at radius 3 is 2.93 bits per heavy atom. The summed E-state index contributed by atoms with van der Waals surface area (Å²) in [6.45, 7) is 4.14. The van der Waals surface area contributed by atoms with E-state index in [-0.39, 0.29) is 0 Å². The third-order valence-electron chi connectivity index (χ3n) is 2.36.